The van der Waals surface area contributed by atoms with Crippen LogP contribution in [0.3, 0.4) is 0 Å². The van der Waals surface area contributed by atoms with Crippen molar-refractivity contribution >= 4 is 28.8 Å². The lowest BCUT2D eigenvalue weighted by molar-refractivity contribution is -0.487. The second kappa shape index (κ2) is 6.01. The molecule has 0 saturated carbocycles. The van der Waals surface area contributed by atoms with Gasteiger partial charge in [-0.1, -0.05) is 0 Å². The highest BCUT2D eigenvalue weighted by molar-refractivity contribution is 7.14. The molecule has 7 heteroatoms. The molecule has 0 saturated heterocycles. The van der Waals surface area contributed by atoms with Crippen LogP contribution in [-0.2, 0) is 4.74 Å². The predicted molar refractivity (Wildman–Crippen MR) is 75.9 cm³/mol. The summed E-state index contributed by atoms with van der Waals surface area (Å²) in [5.41, 5.74) is -0.0421. The molecule has 1 amide bonds. The Kier molecular flexibility index (Phi) is 4.88. The topological polar surface area (TPSA) is 77.3 Å². The number of hydrogen-bond acceptors (Lipinski definition) is 5. The number of nitrogens with zero attached hydrogens (tertiary/aromatic N) is 2. The van der Waals surface area contributed by atoms with E-state index in [1.807, 2.05) is 0 Å². The van der Waals surface area contributed by atoms with Gasteiger partial charge in [0.15, 0.2) is 11.2 Å². The fraction of sp³-hybridized carbons (Fsp3) is 0.583. The zero-order chi connectivity index (χ0) is 14.6. The Bertz CT molecular complexity index is 475. The van der Waals surface area contributed by atoms with Crippen LogP contribution in [0.2, 0.25) is 0 Å². The lowest BCUT2D eigenvalue weighted by Gasteiger charge is -2.18. The van der Waals surface area contributed by atoms with Gasteiger partial charge in [0.1, 0.15) is 11.3 Å². The third kappa shape index (κ3) is 5.69. The van der Waals surface area contributed by atoms with Crippen LogP contribution in [0.1, 0.15) is 40.3 Å². The zero-order valence-electron chi connectivity index (χ0n) is 11.8. The minimum absolute atomic E-state index is 0.149. The van der Waals surface area contributed by atoms with Crippen LogP contribution in [0.15, 0.2) is 5.38 Å². The highest BCUT2D eigenvalue weighted by atomic mass is 32.1. The van der Waals surface area contributed by atoms with E-state index in [0.29, 0.717) is 10.8 Å². The maximum atomic E-state index is 11.5. The number of carbonyl (C=O) groups is 1. The Morgan fingerprint density at radius 3 is 2.74 bits per heavy atom. The second-order valence-corrected chi connectivity index (χ2v) is 6.15. The maximum absolute atomic E-state index is 11.5. The number of amides is 1. The van der Waals surface area contributed by atoms with Gasteiger partial charge in [-0.2, -0.15) is 0 Å². The van der Waals surface area contributed by atoms with E-state index in [2.05, 4.69) is 10.3 Å². The summed E-state index contributed by atoms with van der Waals surface area (Å²) in [4.78, 5) is 15.6. The van der Waals surface area contributed by atoms with Gasteiger partial charge < -0.3 is 9.94 Å². The Labute approximate surface area is 116 Å². The smallest absolute Gasteiger partial charge is 0.413 e. The molecular formula is C12H19N3O3S. The van der Waals surface area contributed by atoms with Crippen LogP contribution in [-0.4, -0.2) is 33.7 Å². The summed E-state index contributed by atoms with van der Waals surface area (Å²) in [7, 11) is 0. The number of hydroxylamine groups is 1. The number of carbonyl (C=O) groups excluding carboxylic acids is 1. The highest BCUT2D eigenvalue weighted by Crippen LogP contribution is 2.16. The van der Waals surface area contributed by atoms with Crippen molar-refractivity contribution in [2.45, 2.75) is 46.3 Å². The van der Waals surface area contributed by atoms with Gasteiger partial charge in [0, 0.05) is 5.38 Å². The number of aromatic nitrogens is 1. The van der Waals surface area contributed by atoms with Crippen molar-refractivity contribution in [3.8, 4) is 0 Å². The molecule has 1 aromatic rings. The first-order chi connectivity index (χ1) is 8.67. The van der Waals surface area contributed by atoms with E-state index in [1.165, 1.54) is 17.6 Å². The molecule has 0 radical (unpaired) electrons. The molecular weight excluding hydrogens is 266 g/mol. The van der Waals surface area contributed by atoms with Gasteiger partial charge in [0.05, 0.1) is 0 Å². The molecule has 0 unspecified atom stereocenters. The Hall–Kier alpha value is -1.63. The summed E-state index contributed by atoms with van der Waals surface area (Å²) in [6.45, 7) is 8.92. The molecule has 106 valence electrons. The van der Waals surface area contributed by atoms with E-state index in [0.717, 1.165) is 4.74 Å². The molecule has 0 aromatic carbocycles. The van der Waals surface area contributed by atoms with Gasteiger partial charge in [0.25, 0.3) is 0 Å². The molecule has 0 atom stereocenters. The van der Waals surface area contributed by atoms with E-state index in [1.54, 1.807) is 40.0 Å². The first-order valence-electron chi connectivity index (χ1n) is 5.93. The molecule has 0 spiro atoms. The molecule has 0 aliphatic heterocycles. The van der Waals surface area contributed by atoms with Crippen LogP contribution in [0.5, 0.6) is 0 Å². The van der Waals surface area contributed by atoms with Crippen molar-refractivity contribution in [3.05, 3.63) is 16.3 Å². The molecule has 0 bridgehead atoms. The van der Waals surface area contributed by atoms with E-state index in [-0.39, 0.29) is 6.04 Å². The first-order valence-corrected chi connectivity index (χ1v) is 6.81. The molecule has 0 fully saturated rings. The SMILES string of the molecule is CC(C)/[N+]([O-])=C/c1csc(NC(=O)OC(C)(C)C)n1. The quantitative estimate of drug-likeness (QED) is 0.401. The Morgan fingerprint density at radius 1 is 1.58 bits per heavy atom. The summed E-state index contributed by atoms with van der Waals surface area (Å²) in [6, 6.07) is -0.149. The standard InChI is InChI=1S/C12H19N3O3S/c1-8(2)15(17)6-9-7-19-10(13-9)14-11(16)18-12(3,4)5/h6-8H,1-5H3,(H,13,14,16)/b15-6-. The van der Waals surface area contributed by atoms with Gasteiger partial charge in [0.2, 0.25) is 6.21 Å². The fourth-order valence-electron chi connectivity index (χ4n) is 1.07. The number of rotatable bonds is 3. The van der Waals surface area contributed by atoms with Crippen LogP contribution < -0.4 is 5.32 Å². The van der Waals surface area contributed by atoms with Crippen LogP contribution in [0, 0.1) is 5.21 Å². The molecule has 0 aliphatic rings. The number of nitrogens with one attached hydrogen (secondary N) is 1. The fourth-order valence-corrected chi connectivity index (χ4v) is 1.72. The Morgan fingerprint density at radius 2 is 2.21 bits per heavy atom. The predicted octanol–water partition coefficient (Wildman–Crippen LogP) is 2.83. The summed E-state index contributed by atoms with van der Waals surface area (Å²) >= 11 is 1.24. The van der Waals surface area contributed by atoms with Crippen molar-refractivity contribution in [3.63, 3.8) is 0 Å². The largest absolute Gasteiger partial charge is 0.624 e. The third-order valence-corrected chi connectivity index (χ3v) is 2.67. The number of ether oxygens (including phenoxy) is 1. The summed E-state index contributed by atoms with van der Waals surface area (Å²) in [6.07, 6.45) is 0.831. The first kappa shape index (κ1) is 15.4. The minimum atomic E-state index is -0.559. The highest BCUT2D eigenvalue weighted by Gasteiger charge is 2.17. The zero-order valence-corrected chi connectivity index (χ0v) is 12.6. The molecule has 1 rings (SSSR count). The minimum Gasteiger partial charge on any atom is -0.624 e. The van der Waals surface area contributed by atoms with Crippen molar-refractivity contribution in [1.82, 2.24) is 4.98 Å². The van der Waals surface area contributed by atoms with Gasteiger partial charge in [-0.3, -0.25) is 5.32 Å². The van der Waals surface area contributed by atoms with Crippen LogP contribution in [0.4, 0.5) is 9.93 Å². The average molecular weight is 285 g/mol. The van der Waals surface area contributed by atoms with Crippen LogP contribution in [0.25, 0.3) is 0 Å². The molecule has 19 heavy (non-hydrogen) atoms. The molecule has 1 aromatic heterocycles. The third-order valence-electron chi connectivity index (χ3n) is 1.90. The van der Waals surface area contributed by atoms with E-state index in [4.69, 9.17) is 4.74 Å². The molecule has 1 heterocycles. The maximum Gasteiger partial charge on any atom is 0.413 e. The molecule has 6 nitrogen and oxygen atoms in total. The second-order valence-electron chi connectivity index (χ2n) is 5.29. The van der Waals surface area contributed by atoms with Crippen molar-refractivity contribution < 1.29 is 14.3 Å². The summed E-state index contributed by atoms with van der Waals surface area (Å²) in [5, 5.41) is 16.1. The molecule has 1 N–H and O–H groups in total. The number of anilines is 1. The normalized spacial score (nSPS) is 12.6. The van der Waals surface area contributed by atoms with E-state index >= 15 is 0 Å². The van der Waals surface area contributed by atoms with E-state index in [9.17, 15) is 10.0 Å². The summed E-state index contributed by atoms with van der Waals surface area (Å²) < 4.78 is 5.92. The molecule has 0 aliphatic carbocycles. The van der Waals surface area contributed by atoms with E-state index < -0.39 is 11.7 Å². The average Bonchev–Trinajstić information content (AvgIpc) is 2.61. The monoisotopic (exact) mass is 285 g/mol. The van der Waals surface area contributed by atoms with Gasteiger partial charge in [-0.05, 0) is 34.6 Å². The number of thiazole rings is 1. The van der Waals surface area contributed by atoms with Crippen LogP contribution >= 0.6 is 11.3 Å². The van der Waals surface area contributed by atoms with Gasteiger partial charge >= 0.3 is 6.09 Å². The lowest BCUT2D eigenvalue weighted by Crippen LogP contribution is -2.27. The van der Waals surface area contributed by atoms with Gasteiger partial charge in [-0.15, -0.1) is 11.3 Å². The summed E-state index contributed by atoms with van der Waals surface area (Å²) in [5.74, 6) is 0. The van der Waals surface area contributed by atoms with Crippen molar-refractivity contribution in [1.29, 1.82) is 0 Å². The van der Waals surface area contributed by atoms with Crippen molar-refractivity contribution in [2.24, 2.45) is 0 Å². The lowest BCUT2D eigenvalue weighted by atomic mass is 10.2. The van der Waals surface area contributed by atoms with Crippen molar-refractivity contribution in [2.75, 3.05) is 5.32 Å². The number of hydrogen-bond donors (Lipinski definition) is 1. The van der Waals surface area contributed by atoms with Gasteiger partial charge in [-0.25, -0.2) is 14.5 Å². The Balaban J connectivity index is 2.66.